The van der Waals surface area contributed by atoms with E-state index in [0.717, 1.165) is 43.6 Å². The first kappa shape index (κ1) is 14.9. The zero-order valence-electron chi connectivity index (χ0n) is 14.2. The number of aromatic nitrogens is 1. The van der Waals surface area contributed by atoms with Crippen molar-refractivity contribution in [3.63, 3.8) is 0 Å². The van der Waals surface area contributed by atoms with Crippen molar-refractivity contribution in [3.8, 4) is 11.3 Å². The van der Waals surface area contributed by atoms with E-state index < -0.39 is 0 Å². The van der Waals surface area contributed by atoms with Gasteiger partial charge in [-0.05, 0) is 49.5 Å². The summed E-state index contributed by atoms with van der Waals surface area (Å²) >= 11 is 0. The zero-order valence-corrected chi connectivity index (χ0v) is 14.2. The number of ketones is 1. The summed E-state index contributed by atoms with van der Waals surface area (Å²) in [5.41, 5.74) is 4.79. The molecule has 0 amide bonds. The summed E-state index contributed by atoms with van der Waals surface area (Å²) in [5, 5.41) is 1.25. The minimum atomic E-state index is 0.0502. The van der Waals surface area contributed by atoms with Gasteiger partial charge in [-0.2, -0.15) is 0 Å². The molecule has 3 aliphatic rings. The Bertz CT molecular complexity index is 920. The van der Waals surface area contributed by atoms with Crippen LogP contribution in [0.1, 0.15) is 18.4 Å². The van der Waals surface area contributed by atoms with Crippen molar-refractivity contribution in [1.82, 2.24) is 9.88 Å². The summed E-state index contributed by atoms with van der Waals surface area (Å²) in [4.78, 5) is 18.8. The molecule has 1 atom stereocenters. The van der Waals surface area contributed by atoms with E-state index >= 15 is 0 Å². The number of para-hydroxylation sites is 1. The number of H-pyrrole nitrogens is 1. The third kappa shape index (κ3) is 2.42. The highest BCUT2D eigenvalue weighted by Crippen LogP contribution is 2.36. The number of benzene rings is 2. The lowest BCUT2D eigenvalue weighted by molar-refractivity contribution is -0.136. The molecule has 0 saturated carbocycles. The fourth-order valence-electron chi connectivity index (χ4n) is 4.63. The van der Waals surface area contributed by atoms with Crippen LogP contribution < -0.4 is 0 Å². The van der Waals surface area contributed by atoms with Gasteiger partial charge in [0.05, 0.1) is 6.04 Å². The molecule has 3 fully saturated rings. The summed E-state index contributed by atoms with van der Waals surface area (Å²) in [6.07, 6.45) is 2.91. The van der Waals surface area contributed by atoms with E-state index in [9.17, 15) is 4.79 Å². The molecule has 2 bridgehead atoms. The van der Waals surface area contributed by atoms with Gasteiger partial charge in [-0.15, -0.1) is 0 Å². The molecule has 3 nitrogen and oxygen atoms in total. The summed E-state index contributed by atoms with van der Waals surface area (Å²) in [6.45, 7) is 2.15. The molecule has 3 aliphatic heterocycles. The van der Waals surface area contributed by atoms with Gasteiger partial charge >= 0.3 is 0 Å². The van der Waals surface area contributed by atoms with Crippen LogP contribution in [0.25, 0.3) is 22.2 Å². The lowest BCUT2D eigenvalue weighted by Crippen LogP contribution is -2.56. The van der Waals surface area contributed by atoms with Gasteiger partial charge in [0, 0.05) is 22.5 Å². The molecular weight excluding hydrogens is 308 g/mol. The molecule has 0 spiro atoms. The fourth-order valence-corrected chi connectivity index (χ4v) is 4.63. The predicted octanol–water partition coefficient (Wildman–Crippen LogP) is 4.04. The number of hydrogen-bond donors (Lipinski definition) is 1. The van der Waals surface area contributed by atoms with Crippen molar-refractivity contribution in [3.05, 3.63) is 60.2 Å². The Hall–Kier alpha value is -2.39. The molecule has 3 aromatic rings. The first-order valence-electron chi connectivity index (χ1n) is 9.24. The maximum atomic E-state index is 12.8. The molecule has 1 N–H and O–H groups in total. The number of piperidine rings is 3. The van der Waals surface area contributed by atoms with Gasteiger partial charge in [-0.1, -0.05) is 48.5 Å². The number of aromatic amines is 1. The van der Waals surface area contributed by atoms with E-state index in [0.29, 0.717) is 11.7 Å². The molecule has 126 valence electrons. The van der Waals surface area contributed by atoms with E-state index in [2.05, 4.69) is 58.4 Å². The van der Waals surface area contributed by atoms with Crippen LogP contribution in [0.3, 0.4) is 0 Å². The van der Waals surface area contributed by atoms with Crippen molar-refractivity contribution in [2.24, 2.45) is 5.92 Å². The number of nitrogens with one attached hydrogen (secondary N) is 1. The van der Waals surface area contributed by atoms with Crippen LogP contribution in [0.5, 0.6) is 0 Å². The second-order valence-corrected chi connectivity index (χ2v) is 7.32. The predicted molar refractivity (Wildman–Crippen MR) is 101 cm³/mol. The number of fused-ring (bicyclic) bond motifs is 4. The van der Waals surface area contributed by atoms with Gasteiger partial charge < -0.3 is 4.98 Å². The molecule has 1 aromatic heterocycles. The smallest absolute Gasteiger partial charge is 0.153 e. The second-order valence-electron chi connectivity index (χ2n) is 7.32. The Balaban J connectivity index is 1.61. The number of nitrogens with zero attached hydrogens (tertiary/aromatic N) is 1. The summed E-state index contributed by atoms with van der Waals surface area (Å²) in [7, 11) is 0. The molecule has 4 heterocycles. The van der Waals surface area contributed by atoms with Gasteiger partial charge in [0.2, 0.25) is 0 Å². The lowest BCUT2D eigenvalue weighted by atomic mass is 9.79. The van der Waals surface area contributed by atoms with E-state index in [-0.39, 0.29) is 6.04 Å². The molecule has 6 rings (SSSR count). The molecule has 1 unspecified atom stereocenters. The fraction of sp³-hybridized carbons (Fsp3) is 0.318. The zero-order chi connectivity index (χ0) is 16.8. The number of rotatable bonds is 3. The molecule has 0 radical (unpaired) electrons. The monoisotopic (exact) mass is 330 g/mol. The third-order valence-corrected chi connectivity index (χ3v) is 5.97. The highest BCUT2D eigenvalue weighted by Gasteiger charge is 2.41. The SMILES string of the molecule is O=C1C2CCN(CC2)C1Cc1c(-c2ccccc2)[nH]c2ccccc12. The van der Waals surface area contributed by atoms with Gasteiger partial charge in [-0.25, -0.2) is 0 Å². The highest BCUT2D eigenvalue weighted by atomic mass is 16.1. The normalized spacial score (nSPS) is 25.6. The number of carbonyl (C=O) groups excluding carboxylic acids is 1. The number of hydrogen-bond acceptors (Lipinski definition) is 2. The Morgan fingerprint density at radius 3 is 2.44 bits per heavy atom. The van der Waals surface area contributed by atoms with E-state index in [1.807, 2.05) is 6.07 Å². The second kappa shape index (κ2) is 5.85. The maximum absolute atomic E-state index is 12.8. The molecule has 3 saturated heterocycles. The Morgan fingerprint density at radius 2 is 1.68 bits per heavy atom. The standard InChI is InChI=1S/C22H22N2O/c25-22-16-10-12-24(13-11-16)20(22)14-18-17-8-4-5-9-19(17)23-21(18)15-6-2-1-3-7-15/h1-9,16,20,23H,10-14H2. The average molecular weight is 330 g/mol. The van der Waals surface area contributed by atoms with Gasteiger partial charge in [0.15, 0.2) is 5.78 Å². The van der Waals surface area contributed by atoms with Crippen molar-refractivity contribution in [1.29, 1.82) is 0 Å². The van der Waals surface area contributed by atoms with Gasteiger partial charge in [0.1, 0.15) is 0 Å². The third-order valence-electron chi connectivity index (χ3n) is 5.97. The average Bonchev–Trinajstić information content (AvgIpc) is 3.04. The minimum Gasteiger partial charge on any atom is -0.354 e. The summed E-state index contributed by atoms with van der Waals surface area (Å²) in [6, 6.07) is 19.0. The Kier molecular flexibility index (Phi) is 3.49. The van der Waals surface area contributed by atoms with Crippen LogP contribution in [0.15, 0.2) is 54.6 Å². The van der Waals surface area contributed by atoms with E-state index in [1.54, 1.807) is 0 Å². The van der Waals surface area contributed by atoms with E-state index in [1.165, 1.54) is 16.5 Å². The van der Waals surface area contributed by atoms with Crippen molar-refractivity contribution in [2.75, 3.05) is 13.1 Å². The van der Waals surface area contributed by atoms with Crippen LogP contribution in [-0.2, 0) is 11.2 Å². The van der Waals surface area contributed by atoms with Crippen molar-refractivity contribution < 1.29 is 4.79 Å². The lowest BCUT2D eigenvalue weighted by Gasteiger charge is -2.44. The number of Topliss-reactive ketones (excluding diaryl/α,β-unsaturated/α-hetero) is 1. The molecule has 0 aliphatic carbocycles. The summed E-state index contributed by atoms with van der Waals surface area (Å²) < 4.78 is 0. The van der Waals surface area contributed by atoms with Crippen LogP contribution >= 0.6 is 0 Å². The van der Waals surface area contributed by atoms with Gasteiger partial charge in [0.25, 0.3) is 0 Å². The van der Waals surface area contributed by atoms with Crippen molar-refractivity contribution >= 4 is 16.7 Å². The molecule has 25 heavy (non-hydrogen) atoms. The first-order chi connectivity index (χ1) is 12.3. The molecule has 2 aromatic carbocycles. The van der Waals surface area contributed by atoms with Crippen LogP contribution in [0, 0.1) is 5.92 Å². The highest BCUT2D eigenvalue weighted by molar-refractivity contribution is 5.93. The Morgan fingerprint density at radius 1 is 0.960 bits per heavy atom. The van der Waals surface area contributed by atoms with Crippen LogP contribution in [-0.4, -0.2) is 34.8 Å². The van der Waals surface area contributed by atoms with Gasteiger partial charge in [-0.3, -0.25) is 9.69 Å². The quantitative estimate of drug-likeness (QED) is 0.787. The molecular formula is C22H22N2O. The number of carbonyl (C=O) groups is 1. The topological polar surface area (TPSA) is 36.1 Å². The maximum Gasteiger partial charge on any atom is 0.153 e. The van der Waals surface area contributed by atoms with Crippen molar-refractivity contribution in [2.45, 2.75) is 25.3 Å². The summed E-state index contributed by atoms with van der Waals surface area (Å²) in [5.74, 6) is 0.752. The van der Waals surface area contributed by atoms with Crippen LogP contribution in [0.4, 0.5) is 0 Å². The molecule has 3 heteroatoms. The first-order valence-corrected chi connectivity index (χ1v) is 9.24. The van der Waals surface area contributed by atoms with Crippen LogP contribution in [0.2, 0.25) is 0 Å². The minimum absolute atomic E-state index is 0.0502. The largest absolute Gasteiger partial charge is 0.354 e. The Labute approximate surface area is 147 Å². The van der Waals surface area contributed by atoms with E-state index in [4.69, 9.17) is 0 Å².